The van der Waals surface area contributed by atoms with E-state index in [4.69, 9.17) is 0 Å². The number of amides is 1. The summed E-state index contributed by atoms with van der Waals surface area (Å²) in [5.41, 5.74) is 0.417. The molecule has 1 rings (SSSR count). The molecular weight excluding hydrogens is 236 g/mol. The normalized spacial score (nSPS) is 26.6. The van der Waals surface area contributed by atoms with Gasteiger partial charge in [-0.15, -0.1) is 0 Å². The van der Waals surface area contributed by atoms with E-state index in [9.17, 15) is 4.79 Å². The molecule has 0 aromatic heterocycles. The first kappa shape index (κ1) is 16.5. The summed E-state index contributed by atoms with van der Waals surface area (Å²) in [4.78, 5) is 13.6. The number of rotatable bonds is 3. The van der Waals surface area contributed by atoms with Crippen LogP contribution >= 0.6 is 0 Å². The van der Waals surface area contributed by atoms with E-state index in [1.807, 2.05) is 21.0 Å². The molecule has 112 valence electrons. The lowest BCUT2D eigenvalue weighted by atomic mass is 9.76. The molecule has 3 nitrogen and oxygen atoms in total. The molecule has 0 heterocycles. The van der Waals surface area contributed by atoms with E-state index < -0.39 is 0 Å². The first-order chi connectivity index (χ1) is 8.71. The minimum Gasteiger partial charge on any atom is -0.347 e. The number of hydrogen-bond donors (Lipinski definition) is 1. The largest absolute Gasteiger partial charge is 0.347 e. The number of carbonyl (C=O) groups is 1. The van der Waals surface area contributed by atoms with Gasteiger partial charge in [0.1, 0.15) is 0 Å². The second-order valence-corrected chi connectivity index (χ2v) is 7.39. The zero-order valence-electron chi connectivity index (χ0n) is 13.6. The third kappa shape index (κ3) is 5.13. The van der Waals surface area contributed by atoms with Crippen molar-refractivity contribution in [1.29, 1.82) is 0 Å². The minimum atomic E-state index is -0.0637. The molecule has 0 saturated heterocycles. The molecule has 0 aliphatic heterocycles. The second-order valence-electron chi connectivity index (χ2n) is 7.39. The molecule has 1 aliphatic carbocycles. The van der Waals surface area contributed by atoms with Gasteiger partial charge in [0.25, 0.3) is 0 Å². The lowest BCUT2D eigenvalue weighted by Gasteiger charge is -2.30. The Bertz CT molecular complexity index is 294. The Labute approximate surface area is 119 Å². The number of carbonyl (C=O) groups excluding carboxylic acids is 1. The Morgan fingerprint density at radius 3 is 2.32 bits per heavy atom. The zero-order chi connectivity index (χ0) is 14.6. The first-order valence-corrected chi connectivity index (χ1v) is 7.69. The van der Waals surface area contributed by atoms with E-state index in [2.05, 4.69) is 26.1 Å². The van der Waals surface area contributed by atoms with Gasteiger partial charge in [-0.25, -0.2) is 0 Å². The highest BCUT2D eigenvalue weighted by atomic mass is 16.2. The van der Waals surface area contributed by atoms with Crippen LogP contribution in [0.4, 0.5) is 0 Å². The summed E-state index contributed by atoms with van der Waals surface area (Å²) >= 11 is 0. The van der Waals surface area contributed by atoms with Crippen molar-refractivity contribution in [3.8, 4) is 0 Å². The van der Waals surface area contributed by atoms with Gasteiger partial charge in [0.2, 0.25) is 5.91 Å². The topological polar surface area (TPSA) is 32.3 Å². The molecule has 1 fully saturated rings. The number of hydrogen-bond acceptors (Lipinski definition) is 2. The van der Waals surface area contributed by atoms with Crippen molar-refractivity contribution in [3.05, 3.63) is 0 Å². The monoisotopic (exact) mass is 268 g/mol. The molecule has 3 heteroatoms. The van der Waals surface area contributed by atoms with E-state index in [1.165, 1.54) is 32.1 Å². The summed E-state index contributed by atoms with van der Waals surface area (Å²) in [5.74, 6) is 0.996. The summed E-state index contributed by atoms with van der Waals surface area (Å²) in [7, 11) is 3.65. The van der Waals surface area contributed by atoms with Crippen molar-refractivity contribution >= 4 is 5.91 Å². The minimum absolute atomic E-state index is 0.0637. The van der Waals surface area contributed by atoms with E-state index in [0.29, 0.717) is 11.5 Å². The van der Waals surface area contributed by atoms with E-state index in [-0.39, 0.29) is 11.9 Å². The summed E-state index contributed by atoms with van der Waals surface area (Å²) in [6, 6.07) is 0.442. The Kier molecular flexibility index (Phi) is 5.84. The number of nitrogens with zero attached hydrogens (tertiary/aromatic N) is 1. The van der Waals surface area contributed by atoms with Crippen LogP contribution in [0.25, 0.3) is 0 Å². The second kappa shape index (κ2) is 6.74. The SMILES string of the molecule is CC(NC1CCCC(C(C)(C)C)CC1)C(=O)N(C)C. The van der Waals surface area contributed by atoms with Crippen LogP contribution in [0.5, 0.6) is 0 Å². The molecule has 3 unspecified atom stereocenters. The molecule has 1 N–H and O–H groups in total. The van der Waals surface area contributed by atoms with Crippen molar-refractivity contribution in [2.24, 2.45) is 11.3 Å². The fourth-order valence-electron chi connectivity index (χ4n) is 3.15. The maximum absolute atomic E-state index is 11.9. The highest BCUT2D eigenvalue weighted by Crippen LogP contribution is 2.36. The highest BCUT2D eigenvalue weighted by Gasteiger charge is 2.28. The van der Waals surface area contributed by atoms with Crippen molar-refractivity contribution in [2.75, 3.05) is 14.1 Å². The predicted molar refractivity (Wildman–Crippen MR) is 81.1 cm³/mol. The Balaban J connectivity index is 2.47. The van der Waals surface area contributed by atoms with Crippen LogP contribution in [-0.2, 0) is 4.79 Å². The van der Waals surface area contributed by atoms with Gasteiger partial charge in [-0.3, -0.25) is 4.79 Å². The molecule has 0 radical (unpaired) electrons. The summed E-state index contributed by atoms with van der Waals surface area (Å²) in [6.45, 7) is 9.03. The molecule has 0 spiro atoms. The molecule has 0 bridgehead atoms. The molecule has 19 heavy (non-hydrogen) atoms. The lowest BCUT2D eigenvalue weighted by molar-refractivity contribution is -0.130. The Morgan fingerprint density at radius 2 is 1.79 bits per heavy atom. The van der Waals surface area contributed by atoms with E-state index in [0.717, 1.165) is 5.92 Å². The Morgan fingerprint density at radius 1 is 1.16 bits per heavy atom. The summed E-state index contributed by atoms with van der Waals surface area (Å²) in [5, 5.41) is 3.52. The summed E-state index contributed by atoms with van der Waals surface area (Å²) in [6.07, 6.45) is 6.30. The number of nitrogens with one attached hydrogen (secondary N) is 1. The van der Waals surface area contributed by atoms with E-state index in [1.54, 1.807) is 4.90 Å². The van der Waals surface area contributed by atoms with Gasteiger partial charge in [0.05, 0.1) is 6.04 Å². The van der Waals surface area contributed by atoms with Crippen LogP contribution in [0, 0.1) is 11.3 Å². The van der Waals surface area contributed by atoms with Crippen molar-refractivity contribution in [2.45, 2.75) is 71.9 Å². The van der Waals surface area contributed by atoms with Gasteiger partial charge >= 0.3 is 0 Å². The average molecular weight is 268 g/mol. The fraction of sp³-hybridized carbons (Fsp3) is 0.938. The average Bonchev–Trinajstić information content (AvgIpc) is 2.52. The quantitative estimate of drug-likeness (QED) is 0.798. The van der Waals surface area contributed by atoms with Crippen LogP contribution in [0.3, 0.4) is 0 Å². The van der Waals surface area contributed by atoms with Gasteiger partial charge in [0, 0.05) is 20.1 Å². The van der Waals surface area contributed by atoms with Crippen LogP contribution < -0.4 is 5.32 Å². The first-order valence-electron chi connectivity index (χ1n) is 7.69. The molecule has 0 aromatic carbocycles. The highest BCUT2D eigenvalue weighted by molar-refractivity contribution is 5.80. The molecule has 0 aromatic rings. The zero-order valence-corrected chi connectivity index (χ0v) is 13.6. The van der Waals surface area contributed by atoms with Crippen molar-refractivity contribution in [3.63, 3.8) is 0 Å². The molecule has 3 atom stereocenters. The Hall–Kier alpha value is -0.570. The van der Waals surface area contributed by atoms with Crippen LogP contribution in [-0.4, -0.2) is 37.0 Å². The lowest BCUT2D eigenvalue weighted by Crippen LogP contribution is -2.46. The third-order valence-corrected chi connectivity index (χ3v) is 4.49. The molecule has 1 aliphatic rings. The van der Waals surface area contributed by atoms with Crippen molar-refractivity contribution < 1.29 is 4.79 Å². The van der Waals surface area contributed by atoms with Gasteiger partial charge in [-0.05, 0) is 43.9 Å². The van der Waals surface area contributed by atoms with Gasteiger partial charge in [-0.1, -0.05) is 27.2 Å². The molecular formula is C16H32N2O. The molecule has 1 saturated carbocycles. The van der Waals surface area contributed by atoms with Gasteiger partial charge in [0.15, 0.2) is 0 Å². The maximum atomic E-state index is 11.9. The predicted octanol–water partition coefficient (Wildman–Crippen LogP) is 3.05. The standard InChI is InChI=1S/C16H32N2O/c1-12(15(19)18(5)6)17-14-9-7-8-13(10-11-14)16(2,3)4/h12-14,17H,7-11H2,1-6H3. The molecule has 1 amide bonds. The number of likely N-dealkylation sites (N-methyl/N-ethyl adjacent to an activating group) is 1. The fourth-order valence-corrected chi connectivity index (χ4v) is 3.15. The van der Waals surface area contributed by atoms with Crippen LogP contribution in [0.15, 0.2) is 0 Å². The van der Waals surface area contributed by atoms with Crippen LogP contribution in [0.2, 0.25) is 0 Å². The maximum Gasteiger partial charge on any atom is 0.238 e. The van der Waals surface area contributed by atoms with E-state index >= 15 is 0 Å². The van der Waals surface area contributed by atoms with Gasteiger partial charge < -0.3 is 10.2 Å². The van der Waals surface area contributed by atoms with Crippen molar-refractivity contribution in [1.82, 2.24) is 10.2 Å². The third-order valence-electron chi connectivity index (χ3n) is 4.49. The van der Waals surface area contributed by atoms with Crippen LogP contribution in [0.1, 0.15) is 59.8 Å². The summed E-state index contributed by atoms with van der Waals surface area (Å²) < 4.78 is 0. The smallest absolute Gasteiger partial charge is 0.238 e. The van der Waals surface area contributed by atoms with Gasteiger partial charge in [-0.2, -0.15) is 0 Å².